The number of hydrogen-bond acceptors (Lipinski definition) is 4. The highest BCUT2D eigenvalue weighted by Gasteiger charge is 2.14. The van der Waals surface area contributed by atoms with Gasteiger partial charge in [0.1, 0.15) is 9.84 Å². The van der Waals surface area contributed by atoms with Crippen molar-refractivity contribution in [2.24, 2.45) is 5.73 Å². The highest BCUT2D eigenvalue weighted by atomic mass is 32.2. The average molecular weight is 208 g/mol. The first-order chi connectivity index (χ1) is 5.74. The minimum absolute atomic E-state index is 0.0598. The molecule has 4 nitrogen and oxygen atoms in total. The van der Waals surface area contributed by atoms with Gasteiger partial charge in [-0.05, 0) is 20.9 Å². The molecule has 0 fully saturated rings. The molecule has 80 valence electrons. The zero-order valence-electron chi connectivity index (χ0n) is 8.82. The van der Waals surface area contributed by atoms with Crippen molar-refractivity contribution in [1.82, 2.24) is 4.90 Å². The standard InChI is InChI=1S/C8H20N2O2S/c1-7(9)8(2)10(3)5-6-13(4,11)12/h7-8H,5-6,9H2,1-4H3. The first-order valence-electron chi connectivity index (χ1n) is 4.37. The fourth-order valence-corrected chi connectivity index (χ4v) is 1.53. The Morgan fingerprint density at radius 2 is 1.85 bits per heavy atom. The highest BCUT2D eigenvalue weighted by molar-refractivity contribution is 7.90. The first-order valence-corrected chi connectivity index (χ1v) is 6.43. The molecule has 2 N–H and O–H groups in total. The van der Waals surface area contributed by atoms with Gasteiger partial charge in [-0.3, -0.25) is 0 Å². The molecule has 0 aliphatic rings. The second kappa shape index (κ2) is 4.93. The third-order valence-electron chi connectivity index (χ3n) is 2.27. The topological polar surface area (TPSA) is 63.4 Å². The Morgan fingerprint density at radius 1 is 1.38 bits per heavy atom. The van der Waals surface area contributed by atoms with E-state index in [-0.39, 0.29) is 17.8 Å². The van der Waals surface area contributed by atoms with E-state index in [1.807, 2.05) is 25.8 Å². The van der Waals surface area contributed by atoms with Gasteiger partial charge in [-0.15, -0.1) is 0 Å². The summed E-state index contributed by atoms with van der Waals surface area (Å²) >= 11 is 0. The Kier molecular flexibility index (Phi) is 4.88. The summed E-state index contributed by atoms with van der Waals surface area (Å²) in [5.41, 5.74) is 5.69. The molecule has 0 aromatic rings. The second-order valence-corrected chi connectivity index (χ2v) is 5.97. The Labute approximate surface area is 81.0 Å². The Morgan fingerprint density at radius 3 is 2.15 bits per heavy atom. The number of rotatable bonds is 5. The van der Waals surface area contributed by atoms with Gasteiger partial charge < -0.3 is 10.6 Å². The maximum absolute atomic E-state index is 10.9. The molecule has 0 radical (unpaired) electrons. The van der Waals surface area contributed by atoms with Crippen molar-refractivity contribution in [1.29, 1.82) is 0 Å². The molecular formula is C8H20N2O2S. The molecule has 0 rings (SSSR count). The molecule has 0 amide bonds. The Balaban J connectivity index is 3.95. The normalized spacial score (nSPS) is 17.4. The van der Waals surface area contributed by atoms with Crippen LogP contribution in [0.5, 0.6) is 0 Å². The lowest BCUT2D eigenvalue weighted by Gasteiger charge is -2.27. The summed E-state index contributed by atoms with van der Waals surface area (Å²) < 4.78 is 21.7. The molecule has 2 unspecified atom stereocenters. The SMILES string of the molecule is CC(N)C(C)N(C)CCS(C)(=O)=O. The van der Waals surface area contributed by atoms with Gasteiger partial charge >= 0.3 is 0 Å². The lowest BCUT2D eigenvalue weighted by atomic mass is 10.1. The molecule has 0 aliphatic heterocycles. The zero-order chi connectivity index (χ0) is 10.6. The molecule has 5 heteroatoms. The average Bonchev–Trinajstić information content (AvgIpc) is 1.97. The van der Waals surface area contributed by atoms with E-state index in [2.05, 4.69) is 0 Å². The smallest absolute Gasteiger partial charge is 0.148 e. The molecule has 0 aliphatic carbocycles. The largest absolute Gasteiger partial charge is 0.327 e. The third-order valence-corrected chi connectivity index (χ3v) is 3.20. The van der Waals surface area contributed by atoms with Crippen LogP contribution in [-0.2, 0) is 9.84 Å². The highest BCUT2D eigenvalue weighted by Crippen LogP contribution is 1.99. The van der Waals surface area contributed by atoms with Crippen molar-refractivity contribution in [3.63, 3.8) is 0 Å². The maximum Gasteiger partial charge on any atom is 0.148 e. The molecular weight excluding hydrogens is 188 g/mol. The van der Waals surface area contributed by atoms with Crippen LogP contribution >= 0.6 is 0 Å². The van der Waals surface area contributed by atoms with Crippen molar-refractivity contribution in [2.45, 2.75) is 25.9 Å². The fraction of sp³-hybridized carbons (Fsp3) is 1.00. The molecule has 13 heavy (non-hydrogen) atoms. The summed E-state index contributed by atoms with van der Waals surface area (Å²) in [7, 11) is -0.973. The summed E-state index contributed by atoms with van der Waals surface area (Å²) in [6.07, 6.45) is 1.25. The molecule has 0 aromatic heterocycles. The van der Waals surface area contributed by atoms with Gasteiger partial charge in [-0.25, -0.2) is 8.42 Å². The molecule has 0 spiro atoms. The number of likely N-dealkylation sites (N-methyl/N-ethyl adjacent to an activating group) is 1. The van der Waals surface area contributed by atoms with Crippen LogP contribution in [0, 0.1) is 0 Å². The minimum atomic E-state index is -2.86. The minimum Gasteiger partial charge on any atom is -0.327 e. The van der Waals surface area contributed by atoms with Crippen molar-refractivity contribution in [3.8, 4) is 0 Å². The van der Waals surface area contributed by atoms with Crippen molar-refractivity contribution in [3.05, 3.63) is 0 Å². The van der Waals surface area contributed by atoms with Gasteiger partial charge in [0.05, 0.1) is 5.75 Å². The Hall–Kier alpha value is -0.130. The van der Waals surface area contributed by atoms with Gasteiger partial charge in [-0.2, -0.15) is 0 Å². The van der Waals surface area contributed by atoms with E-state index in [0.29, 0.717) is 6.54 Å². The Bertz CT molecular complexity index is 237. The molecule has 0 saturated carbocycles. The van der Waals surface area contributed by atoms with E-state index in [1.54, 1.807) is 0 Å². The van der Waals surface area contributed by atoms with Crippen LogP contribution in [0.1, 0.15) is 13.8 Å². The van der Waals surface area contributed by atoms with E-state index >= 15 is 0 Å². The van der Waals surface area contributed by atoms with Gasteiger partial charge in [0.2, 0.25) is 0 Å². The van der Waals surface area contributed by atoms with E-state index in [4.69, 9.17) is 5.73 Å². The second-order valence-electron chi connectivity index (χ2n) is 3.71. The summed E-state index contributed by atoms with van der Waals surface area (Å²) in [6.45, 7) is 4.45. The third kappa shape index (κ3) is 6.01. The summed E-state index contributed by atoms with van der Waals surface area (Å²) in [5.74, 6) is 0.195. The molecule has 0 bridgehead atoms. The lowest BCUT2D eigenvalue weighted by molar-refractivity contribution is 0.245. The number of nitrogens with two attached hydrogens (primary N) is 1. The van der Waals surface area contributed by atoms with E-state index in [9.17, 15) is 8.42 Å². The first kappa shape index (κ1) is 12.9. The number of hydrogen-bond donors (Lipinski definition) is 1. The van der Waals surface area contributed by atoms with Gasteiger partial charge in [-0.1, -0.05) is 0 Å². The van der Waals surface area contributed by atoms with E-state index in [0.717, 1.165) is 0 Å². The fourth-order valence-electron chi connectivity index (χ4n) is 0.915. The summed E-state index contributed by atoms with van der Waals surface area (Å²) in [6, 6.07) is 0.270. The zero-order valence-corrected chi connectivity index (χ0v) is 9.63. The van der Waals surface area contributed by atoms with Crippen LogP contribution in [0.25, 0.3) is 0 Å². The molecule has 0 aromatic carbocycles. The van der Waals surface area contributed by atoms with Gasteiger partial charge in [0.15, 0.2) is 0 Å². The monoisotopic (exact) mass is 208 g/mol. The summed E-state index contributed by atoms with van der Waals surface area (Å²) in [4.78, 5) is 1.96. The maximum atomic E-state index is 10.9. The molecule has 0 heterocycles. The predicted molar refractivity (Wildman–Crippen MR) is 55.5 cm³/mol. The van der Waals surface area contributed by atoms with E-state index in [1.165, 1.54) is 6.26 Å². The van der Waals surface area contributed by atoms with Crippen LogP contribution in [0.4, 0.5) is 0 Å². The van der Waals surface area contributed by atoms with Crippen LogP contribution in [-0.4, -0.2) is 51.0 Å². The van der Waals surface area contributed by atoms with Crippen molar-refractivity contribution < 1.29 is 8.42 Å². The van der Waals surface area contributed by atoms with Crippen LogP contribution in [0.3, 0.4) is 0 Å². The number of nitrogens with zero attached hydrogens (tertiary/aromatic N) is 1. The summed E-state index contributed by atoms with van der Waals surface area (Å²) in [5, 5.41) is 0. The van der Waals surface area contributed by atoms with Crippen molar-refractivity contribution >= 4 is 9.84 Å². The van der Waals surface area contributed by atoms with Gasteiger partial charge in [0, 0.05) is 24.9 Å². The molecule has 2 atom stereocenters. The van der Waals surface area contributed by atoms with Crippen LogP contribution < -0.4 is 5.73 Å². The lowest BCUT2D eigenvalue weighted by Crippen LogP contribution is -2.43. The van der Waals surface area contributed by atoms with Crippen LogP contribution in [0.2, 0.25) is 0 Å². The quantitative estimate of drug-likeness (QED) is 0.673. The number of sulfone groups is 1. The van der Waals surface area contributed by atoms with Gasteiger partial charge in [0.25, 0.3) is 0 Å². The predicted octanol–water partition coefficient (Wildman–Crippen LogP) is -0.301. The van der Waals surface area contributed by atoms with Crippen molar-refractivity contribution in [2.75, 3.05) is 25.6 Å². The van der Waals surface area contributed by atoms with Crippen LogP contribution in [0.15, 0.2) is 0 Å². The van der Waals surface area contributed by atoms with E-state index < -0.39 is 9.84 Å². The molecule has 0 saturated heterocycles.